The number of thiophene rings is 1. The number of aromatic nitrogens is 2. The number of fused-ring (bicyclic) bond motifs is 1. The molecule has 3 aromatic rings. The summed E-state index contributed by atoms with van der Waals surface area (Å²) in [5.41, 5.74) is 1.17. The molecule has 3 heterocycles. The van der Waals surface area contributed by atoms with Crippen LogP contribution in [0, 0.1) is 0 Å². The van der Waals surface area contributed by atoms with Crippen LogP contribution in [0.3, 0.4) is 0 Å². The van der Waals surface area contributed by atoms with E-state index in [1.165, 1.54) is 6.42 Å². The SMILES string of the molecule is CCOc1ccc(CN2C(=O)c3cc(-c4cccs4)nn3CC2(C)C(=O)NC2CCCCC2)cc1. The van der Waals surface area contributed by atoms with Gasteiger partial charge in [-0.05, 0) is 61.9 Å². The van der Waals surface area contributed by atoms with Crippen LogP contribution in [0.1, 0.15) is 62.0 Å². The Morgan fingerprint density at radius 1 is 1.20 bits per heavy atom. The number of nitrogens with zero attached hydrogens (tertiary/aromatic N) is 3. The zero-order chi connectivity index (χ0) is 24.4. The average molecular weight is 493 g/mol. The van der Waals surface area contributed by atoms with Gasteiger partial charge in [0.1, 0.15) is 22.7 Å². The van der Waals surface area contributed by atoms with Crippen molar-refractivity contribution in [3.8, 4) is 16.3 Å². The highest BCUT2D eigenvalue weighted by Crippen LogP contribution is 2.33. The van der Waals surface area contributed by atoms with E-state index in [9.17, 15) is 9.59 Å². The smallest absolute Gasteiger partial charge is 0.273 e. The lowest BCUT2D eigenvalue weighted by Gasteiger charge is -2.44. The van der Waals surface area contributed by atoms with Crippen molar-refractivity contribution >= 4 is 23.2 Å². The molecule has 0 saturated heterocycles. The van der Waals surface area contributed by atoms with Gasteiger partial charge in [-0.2, -0.15) is 5.10 Å². The molecule has 1 unspecified atom stereocenters. The first-order valence-corrected chi connectivity index (χ1v) is 13.3. The largest absolute Gasteiger partial charge is 0.494 e. The molecule has 1 saturated carbocycles. The van der Waals surface area contributed by atoms with Gasteiger partial charge in [0.2, 0.25) is 5.91 Å². The number of rotatable bonds is 7. The number of benzene rings is 1. The Hall–Kier alpha value is -3.13. The Morgan fingerprint density at radius 2 is 1.97 bits per heavy atom. The van der Waals surface area contributed by atoms with E-state index in [4.69, 9.17) is 9.84 Å². The second-order valence-corrected chi connectivity index (χ2v) is 10.5. The first-order valence-electron chi connectivity index (χ1n) is 12.4. The van der Waals surface area contributed by atoms with Gasteiger partial charge in [0.25, 0.3) is 5.91 Å². The summed E-state index contributed by atoms with van der Waals surface area (Å²) in [5.74, 6) is 0.502. The molecule has 2 aliphatic rings. The fourth-order valence-electron chi connectivity index (χ4n) is 5.06. The van der Waals surface area contributed by atoms with Crippen LogP contribution in [0.5, 0.6) is 5.75 Å². The van der Waals surface area contributed by atoms with Gasteiger partial charge in [0.05, 0.1) is 18.0 Å². The molecule has 1 atom stereocenters. The van der Waals surface area contributed by atoms with Gasteiger partial charge in [-0.15, -0.1) is 11.3 Å². The quantitative estimate of drug-likeness (QED) is 0.510. The fraction of sp³-hybridized carbons (Fsp3) is 0.444. The summed E-state index contributed by atoms with van der Waals surface area (Å²) in [6.07, 6.45) is 5.45. The van der Waals surface area contributed by atoms with Crippen molar-refractivity contribution in [2.24, 2.45) is 0 Å². The van der Waals surface area contributed by atoms with Crippen molar-refractivity contribution in [1.82, 2.24) is 20.0 Å². The lowest BCUT2D eigenvalue weighted by atomic mass is 9.91. The monoisotopic (exact) mass is 492 g/mol. The van der Waals surface area contributed by atoms with Crippen LogP contribution in [-0.4, -0.2) is 44.7 Å². The molecule has 2 aromatic heterocycles. The van der Waals surface area contributed by atoms with Crippen LogP contribution in [0.15, 0.2) is 47.8 Å². The van der Waals surface area contributed by atoms with E-state index in [0.717, 1.165) is 47.6 Å². The molecule has 2 amide bonds. The number of carbonyl (C=O) groups is 2. The van der Waals surface area contributed by atoms with Gasteiger partial charge in [-0.3, -0.25) is 14.3 Å². The van der Waals surface area contributed by atoms with Crippen molar-refractivity contribution in [2.45, 2.75) is 70.6 Å². The minimum Gasteiger partial charge on any atom is -0.494 e. The molecule has 0 spiro atoms. The molecule has 0 bridgehead atoms. The maximum Gasteiger partial charge on any atom is 0.273 e. The number of hydrogen-bond acceptors (Lipinski definition) is 5. The maximum absolute atomic E-state index is 13.8. The van der Waals surface area contributed by atoms with E-state index in [1.54, 1.807) is 20.9 Å². The van der Waals surface area contributed by atoms with Crippen molar-refractivity contribution in [1.29, 1.82) is 0 Å². The van der Waals surface area contributed by atoms with Crippen LogP contribution in [0.25, 0.3) is 10.6 Å². The normalized spacial score (nSPS) is 20.5. The fourth-order valence-corrected chi connectivity index (χ4v) is 5.74. The van der Waals surface area contributed by atoms with Crippen molar-refractivity contribution in [2.75, 3.05) is 6.61 Å². The molecular formula is C27H32N4O3S. The number of amides is 2. The van der Waals surface area contributed by atoms with Gasteiger partial charge in [-0.25, -0.2) is 0 Å². The Morgan fingerprint density at radius 3 is 2.66 bits per heavy atom. The topological polar surface area (TPSA) is 76.5 Å². The van der Waals surface area contributed by atoms with Crippen molar-refractivity contribution < 1.29 is 14.3 Å². The summed E-state index contributed by atoms with van der Waals surface area (Å²) in [7, 11) is 0. The summed E-state index contributed by atoms with van der Waals surface area (Å²) < 4.78 is 7.28. The summed E-state index contributed by atoms with van der Waals surface area (Å²) in [6.45, 7) is 5.06. The van der Waals surface area contributed by atoms with Crippen molar-refractivity contribution in [3.05, 3.63) is 59.1 Å². The lowest BCUT2D eigenvalue weighted by molar-refractivity contribution is -0.134. The Labute approximate surface area is 210 Å². The third-order valence-corrected chi connectivity index (χ3v) is 7.97. The molecule has 1 aliphatic heterocycles. The Bertz CT molecular complexity index is 1180. The van der Waals surface area contributed by atoms with E-state index in [-0.39, 0.29) is 17.9 Å². The molecule has 7 nitrogen and oxygen atoms in total. The van der Waals surface area contributed by atoms with Crippen molar-refractivity contribution in [3.63, 3.8) is 0 Å². The number of nitrogens with one attached hydrogen (secondary N) is 1. The van der Waals surface area contributed by atoms with Crippen LogP contribution in [-0.2, 0) is 17.9 Å². The molecule has 1 aliphatic carbocycles. The van der Waals surface area contributed by atoms with E-state index < -0.39 is 5.54 Å². The highest BCUT2D eigenvalue weighted by molar-refractivity contribution is 7.13. The molecule has 35 heavy (non-hydrogen) atoms. The van der Waals surface area contributed by atoms with Crippen LogP contribution < -0.4 is 10.1 Å². The third-order valence-electron chi connectivity index (χ3n) is 7.08. The summed E-state index contributed by atoms with van der Waals surface area (Å²) in [6, 6.07) is 13.7. The summed E-state index contributed by atoms with van der Waals surface area (Å²) in [5, 5.41) is 9.98. The van der Waals surface area contributed by atoms with Gasteiger partial charge >= 0.3 is 0 Å². The first kappa shape index (κ1) is 23.6. The van der Waals surface area contributed by atoms with E-state index >= 15 is 0 Å². The minimum absolute atomic E-state index is 0.109. The zero-order valence-electron chi connectivity index (χ0n) is 20.3. The van der Waals surface area contributed by atoms with E-state index in [1.807, 2.05) is 61.7 Å². The molecule has 1 N–H and O–H groups in total. The number of hydrogen-bond donors (Lipinski definition) is 1. The second kappa shape index (κ2) is 9.85. The summed E-state index contributed by atoms with van der Waals surface area (Å²) >= 11 is 1.59. The predicted octanol–water partition coefficient (Wildman–Crippen LogP) is 4.87. The standard InChI is InChI=1S/C27H32N4O3S/c1-3-34-21-13-11-19(12-14-21)17-30-25(32)23-16-22(24-10-7-15-35-24)29-31(23)18-27(30,2)26(33)28-20-8-5-4-6-9-20/h7,10-16,20H,3-6,8-9,17-18H2,1-2H3,(H,28,33). The van der Waals surface area contributed by atoms with E-state index in [0.29, 0.717) is 25.4 Å². The van der Waals surface area contributed by atoms with Crippen LogP contribution in [0.4, 0.5) is 0 Å². The van der Waals surface area contributed by atoms with Gasteiger partial charge in [-0.1, -0.05) is 37.5 Å². The highest BCUT2D eigenvalue weighted by atomic mass is 32.1. The molecule has 5 rings (SSSR count). The average Bonchev–Trinajstić information content (AvgIpc) is 3.54. The van der Waals surface area contributed by atoms with Gasteiger partial charge < -0.3 is 15.0 Å². The van der Waals surface area contributed by atoms with Crippen LogP contribution >= 0.6 is 11.3 Å². The Balaban J connectivity index is 1.47. The third kappa shape index (κ3) is 4.72. The lowest BCUT2D eigenvalue weighted by Crippen LogP contribution is -2.64. The van der Waals surface area contributed by atoms with Gasteiger partial charge in [0, 0.05) is 12.6 Å². The minimum atomic E-state index is -1.06. The Kier molecular flexibility index (Phi) is 6.65. The second-order valence-electron chi connectivity index (χ2n) is 9.60. The molecule has 0 radical (unpaired) electrons. The predicted molar refractivity (Wildman–Crippen MR) is 136 cm³/mol. The molecule has 1 aromatic carbocycles. The van der Waals surface area contributed by atoms with Crippen LogP contribution in [0.2, 0.25) is 0 Å². The molecule has 184 valence electrons. The number of ether oxygens (including phenoxy) is 1. The highest BCUT2D eigenvalue weighted by Gasteiger charge is 2.48. The molecule has 1 fully saturated rings. The van der Waals surface area contributed by atoms with E-state index in [2.05, 4.69) is 5.32 Å². The maximum atomic E-state index is 13.8. The zero-order valence-corrected chi connectivity index (χ0v) is 21.1. The molecular weight excluding hydrogens is 460 g/mol. The van der Waals surface area contributed by atoms with Gasteiger partial charge in [0.15, 0.2) is 0 Å². The summed E-state index contributed by atoms with van der Waals surface area (Å²) in [4.78, 5) is 30.3. The first-order chi connectivity index (χ1) is 17.0. The molecule has 8 heteroatoms. The number of carbonyl (C=O) groups excluding carboxylic acids is 2.